The summed E-state index contributed by atoms with van der Waals surface area (Å²) in [4.78, 5) is 14.8. The summed E-state index contributed by atoms with van der Waals surface area (Å²) < 4.78 is 0. The quantitative estimate of drug-likeness (QED) is 0.752. The van der Waals surface area contributed by atoms with Crippen LogP contribution in [0.4, 0.5) is 5.82 Å². The molecule has 0 atom stereocenters. The van der Waals surface area contributed by atoms with E-state index in [1.54, 1.807) is 12.1 Å². The van der Waals surface area contributed by atoms with Gasteiger partial charge in [-0.1, -0.05) is 30.3 Å². The van der Waals surface area contributed by atoms with Gasteiger partial charge in [-0.3, -0.25) is 4.79 Å². The van der Waals surface area contributed by atoms with Gasteiger partial charge in [0.1, 0.15) is 12.1 Å². The third kappa shape index (κ3) is 2.02. The molecule has 0 aliphatic rings. The Hall–Kier alpha value is -2.16. The summed E-state index contributed by atoms with van der Waals surface area (Å²) in [6, 6.07) is 12.9. The van der Waals surface area contributed by atoms with Crippen molar-refractivity contribution in [3.63, 3.8) is 0 Å². The van der Waals surface area contributed by atoms with E-state index in [0.717, 1.165) is 17.5 Å². The monoisotopic (exact) mass is 198 g/mol. The molecule has 1 aromatic heterocycles. The molecule has 0 fully saturated rings. The standard InChI is InChI=1S/C12H10N2O/c13-12-7-9(8-15)6-11(14-12)10-4-2-1-3-5-10/h1-8H,(H2,13,14). The summed E-state index contributed by atoms with van der Waals surface area (Å²) in [7, 11) is 0. The summed E-state index contributed by atoms with van der Waals surface area (Å²) >= 11 is 0. The minimum atomic E-state index is 0.360. The van der Waals surface area contributed by atoms with Gasteiger partial charge in [0.25, 0.3) is 0 Å². The van der Waals surface area contributed by atoms with Gasteiger partial charge in [0.05, 0.1) is 5.69 Å². The summed E-state index contributed by atoms with van der Waals surface area (Å²) in [5.41, 5.74) is 7.82. The van der Waals surface area contributed by atoms with Crippen LogP contribution in [0.15, 0.2) is 42.5 Å². The van der Waals surface area contributed by atoms with Gasteiger partial charge in [0.2, 0.25) is 0 Å². The molecular formula is C12H10N2O. The Bertz CT molecular complexity index is 480. The topological polar surface area (TPSA) is 56.0 Å². The molecule has 0 amide bonds. The first-order chi connectivity index (χ1) is 7.29. The SMILES string of the molecule is Nc1cc(C=O)cc(-c2ccccc2)n1. The Kier molecular flexibility index (Phi) is 2.46. The Morgan fingerprint density at radius 2 is 1.87 bits per heavy atom. The van der Waals surface area contributed by atoms with Crippen LogP contribution in [-0.4, -0.2) is 11.3 Å². The summed E-state index contributed by atoms with van der Waals surface area (Å²) in [5, 5.41) is 0. The van der Waals surface area contributed by atoms with Crippen molar-refractivity contribution < 1.29 is 4.79 Å². The van der Waals surface area contributed by atoms with Crippen LogP contribution >= 0.6 is 0 Å². The number of carbonyl (C=O) groups excluding carboxylic acids is 1. The van der Waals surface area contributed by atoms with Gasteiger partial charge in [0, 0.05) is 11.1 Å². The van der Waals surface area contributed by atoms with Crippen LogP contribution in [0.5, 0.6) is 0 Å². The Morgan fingerprint density at radius 1 is 1.13 bits per heavy atom. The maximum Gasteiger partial charge on any atom is 0.150 e. The van der Waals surface area contributed by atoms with Gasteiger partial charge in [-0.25, -0.2) is 4.98 Å². The molecule has 1 heterocycles. The largest absolute Gasteiger partial charge is 0.384 e. The number of pyridine rings is 1. The summed E-state index contributed by atoms with van der Waals surface area (Å²) in [5.74, 6) is 0.360. The lowest BCUT2D eigenvalue weighted by Crippen LogP contribution is -1.95. The third-order valence-corrected chi connectivity index (χ3v) is 2.07. The number of hydrogen-bond acceptors (Lipinski definition) is 3. The van der Waals surface area contributed by atoms with E-state index in [0.29, 0.717) is 11.4 Å². The molecule has 2 rings (SSSR count). The lowest BCUT2D eigenvalue weighted by Gasteiger charge is -2.02. The number of nitrogens with zero attached hydrogens (tertiary/aromatic N) is 1. The molecule has 0 aliphatic heterocycles. The van der Waals surface area contributed by atoms with Crippen LogP contribution in [0.2, 0.25) is 0 Å². The highest BCUT2D eigenvalue weighted by Gasteiger charge is 2.01. The van der Waals surface area contributed by atoms with E-state index in [9.17, 15) is 4.79 Å². The van der Waals surface area contributed by atoms with Crippen molar-refractivity contribution in [2.24, 2.45) is 0 Å². The average Bonchev–Trinajstić information content (AvgIpc) is 2.29. The first kappa shape index (κ1) is 9.40. The predicted molar refractivity (Wildman–Crippen MR) is 59.5 cm³/mol. The number of benzene rings is 1. The molecule has 0 bridgehead atoms. The lowest BCUT2D eigenvalue weighted by molar-refractivity contribution is 0.112. The smallest absolute Gasteiger partial charge is 0.150 e. The van der Waals surface area contributed by atoms with Crippen molar-refractivity contribution in [3.05, 3.63) is 48.0 Å². The summed E-state index contributed by atoms with van der Waals surface area (Å²) in [6.45, 7) is 0. The van der Waals surface area contributed by atoms with Crippen LogP contribution < -0.4 is 5.73 Å². The number of rotatable bonds is 2. The van der Waals surface area contributed by atoms with Crippen molar-refractivity contribution in [1.29, 1.82) is 0 Å². The van der Waals surface area contributed by atoms with Gasteiger partial charge in [-0.05, 0) is 12.1 Å². The van der Waals surface area contributed by atoms with Gasteiger partial charge in [-0.15, -0.1) is 0 Å². The molecule has 1 aromatic carbocycles. The third-order valence-electron chi connectivity index (χ3n) is 2.07. The highest BCUT2D eigenvalue weighted by molar-refractivity contribution is 5.79. The maximum absolute atomic E-state index is 10.7. The molecule has 0 saturated heterocycles. The molecule has 15 heavy (non-hydrogen) atoms. The van der Waals surface area contributed by atoms with E-state index in [1.165, 1.54) is 0 Å². The fraction of sp³-hybridized carbons (Fsp3) is 0. The van der Waals surface area contributed by atoms with Gasteiger partial charge in [-0.2, -0.15) is 0 Å². The molecule has 0 spiro atoms. The van der Waals surface area contributed by atoms with Crippen molar-refractivity contribution in [2.75, 3.05) is 5.73 Å². The summed E-state index contributed by atoms with van der Waals surface area (Å²) in [6.07, 6.45) is 0.768. The number of aromatic nitrogens is 1. The second kappa shape index (κ2) is 3.92. The Morgan fingerprint density at radius 3 is 2.53 bits per heavy atom. The molecule has 2 N–H and O–H groups in total. The Labute approximate surface area is 87.6 Å². The van der Waals surface area contributed by atoms with E-state index in [4.69, 9.17) is 5.73 Å². The number of nitrogens with two attached hydrogens (primary N) is 1. The van der Waals surface area contributed by atoms with Crippen molar-refractivity contribution in [2.45, 2.75) is 0 Å². The van der Waals surface area contributed by atoms with Crippen molar-refractivity contribution >= 4 is 12.1 Å². The second-order valence-electron chi connectivity index (χ2n) is 3.19. The van der Waals surface area contributed by atoms with Gasteiger partial charge < -0.3 is 5.73 Å². The lowest BCUT2D eigenvalue weighted by atomic mass is 10.1. The van der Waals surface area contributed by atoms with Crippen molar-refractivity contribution in [3.8, 4) is 11.3 Å². The molecule has 0 aliphatic carbocycles. The zero-order valence-corrected chi connectivity index (χ0v) is 8.05. The van der Waals surface area contributed by atoms with E-state index < -0.39 is 0 Å². The van der Waals surface area contributed by atoms with Crippen LogP contribution in [0.3, 0.4) is 0 Å². The molecule has 74 valence electrons. The zero-order chi connectivity index (χ0) is 10.7. The fourth-order valence-corrected chi connectivity index (χ4v) is 1.40. The van der Waals surface area contributed by atoms with Crippen molar-refractivity contribution in [1.82, 2.24) is 4.98 Å². The molecule has 0 saturated carbocycles. The number of hydrogen-bond donors (Lipinski definition) is 1. The maximum atomic E-state index is 10.7. The number of anilines is 1. The molecule has 3 nitrogen and oxygen atoms in total. The first-order valence-electron chi connectivity index (χ1n) is 4.58. The normalized spacial score (nSPS) is 9.87. The van der Waals surface area contributed by atoms with Gasteiger partial charge >= 0.3 is 0 Å². The minimum Gasteiger partial charge on any atom is -0.384 e. The van der Waals surface area contributed by atoms with Crippen LogP contribution in [-0.2, 0) is 0 Å². The van der Waals surface area contributed by atoms with E-state index in [-0.39, 0.29) is 0 Å². The van der Waals surface area contributed by atoms with E-state index in [2.05, 4.69) is 4.98 Å². The number of nitrogen functional groups attached to an aromatic ring is 1. The van der Waals surface area contributed by atoms with Gasteiger partial charge in [0.15, 0.2) is 0 Å². The molecular weight excluding hydrogens is 188 g/mol. The number of aldehydes is 1. The highest BCUT2D eigenvalue weighted by Crippen LogP contribution is 2.18. The first-order valence-corrected chi connectivity index (χ1v) is 4.58. The highest BCUT2D eigenvalue weighted by atomic mass is 16.1. The van der Waals surface area contributed by atoms with E-state index >= 15 is 0 Å². The van der Waals surface area contributed by atoms with E-state index in [1.807, 2.05) is 30.3 Å². The Balaban J connectivity index is 2.53. The molecule has 3 heteroatoms. The van der Waals surface area contributed by atoms with Crippen LogP contribution in [0.25, 0.3) is 11.3 Å². The van der Waals surface area contributed by atoms with Crippen LogP contribution in [0.1, 0.15) is 10.4 Å². The molecule has 0 unspecified atom stereocenters. The average molecular weight is 198 g/mol. The number of carbonyl (C=O) groups is 1. The van der Waals surface area contributed by atoms with Crippen LogP contribution in [0, 0.1) is 0 Å². The minimum absolute atomic E-state index is 0.360. The molecule has 0 radical (unpaired) electrons. The zero-order valence-electron chi connectivity index (χ0n) is 8.05. The molecule has 2 aromatic rings. The predicted octanol–water partition coefficient (Wildman–Crippen LogP) is 2.14. The second-order valence-corrected chi connectivity index (χ2v) is 3.19. The fourth-order valence-electron chi connectivity index (χ4n) is 1.40.